The molecule has 11 rings (SSSR count). The zero-order chi connectivity index (χ0) is 95.0. The Morgan fingerprint density at radius 2 is 0.556 bits per heavy atom. The van der Waals surface area contributed by atoms with Crippen molar-refractivity contribution in [1.29, 1.82) is 0 Å². The highest BCUT2D eigenvalue weighted by molar-refractivity contribution is 15.0. The number of hydrogen-bond acceptors (Lipinski definition) is 17. The number of halogens is 2. The van der Waals surface area contributed by atoms with Gasteiger partial charge in [-0.1, -0.05) is 364 Å². The van der Waals surface area contributed by atoms with Crippen molar-refractivity contribution in [3.63, 3.8) is 0 Å². The van der Waals surface area contributed by atoms with Crippen LogP contribution in [-0.2, 0) is 113 Å². The first-order chi connectivity index (χ1) is 63.4. The number of nitrogens with one attached hydrogen (secondary N) is 5. The van der Waals surface area contributed by atoms with Crippen molar-refractivity contribution >= 4 is 85.4 Å². The molecule has 7 atom stereocenters. The van der Waals surface area contributed by atoms with Crippen LogP contribution in [0.1, 0.15) is 152 Å². The van der Waals surface area contributed by atoms with Crippen LogP contribution < -0.4 is 26.6 Å². The van der Waals surface area contributed by atoms with E-state index in [1.54, 1.807) is 20.8 Å². The molecule has 730 valence electrons. The first-order valence-electron chi connectivity index (χ1n) is 43.1. The third-order valence-corrected chi connectivity index (χ3v) is 19.9. The Bertz CT molecular complexity index is 4770. The van der Waals surface area contributed by atoms with Gasteiger partial charge < -0.3 is 70.3 Å². The number of alkyl carbamates (subject to hydrolysis) is 5. The van der Waals surface area contributed by atoms with E-state index < -0.39 is 78.9 Å². The predicted molar refractivity (Wildman–Crippen MR) is 558 cm³/mol. The average molecular weight is 2080 g/mol. The number of hydrogen-bond donors (Lipinski definition) is 8. The standard InChI is InChI=1S/2C21H25NO3.C21H23NO3.C20H24N2O4.C18H19NO4.C4H8O.4CH4.I2.H2/c3*1-16(2)20(23)19(14-13-17-9-5-3-6-10-17)22-21(24)25-15-18-11-7-4-8-12-18;1-22(25-2)19(23)18(14-13-16-9-5-3-6-10-16)21-20(24)26-15-17-11-7-4-8-12-17;20-17(21)16(12-11-14-7-3-1-4-8-14)19-18(22)23-13-15-9-5-2-6-10-15;1-2-4-5-3-1;;;;;1-2;/h2*3-12,19-20,23H,1,13-15H2,2H3,(H,22,24);3-12,19H,1,13-15H2,2H3,(H,22,24);3-12,18H,13-15H2,1-2H3,(H,21,24);1-10,16H,11-13H2,(H,19,22)(H,20,21);1-4H2;4*1H4;;1H/t2*19?,20-;;;;;;;;;;/m10........../s1. The topological polar surface area (TPSA) is 325 Å². The highest BCUT2D eigenvalue weighted by Crippen LogP contribution is 2.18. The van der Waals surface area contributed by atoms with E-state index in [0.29, 0.717) is 68.1 Å². The summed E-state index contributed by atoms with van der Waals surface area (Å²) in [6, 6.07) is 92.8. The van der Waals surface area contributed by atoms with E-state index in [2.05, 4.69) is 83.6 Å². The SMILES string of the molecule is C.C.C.C.C1CCOC1.C=C(C)C(=O)C(CCc1ccccc1)NC(=O)OCc1ccccc1.C=C(C)[C@@H](O)C(CCc1ccccc1)NC(=O)OCc1ccccc1.C=C(C)[C@H](O)C(CCc1ccccc1)NC(=O)OCc1ccccc1.CON(C)C(=O)C(CCc1ccccc1)NC(=O)OCc1ccccc1.II.O=C(NC(CCc1ccccc1)C(=O)O)OCc1ccccc1.[HH]. The highest BCUT2D eigenvalue weighted by atomic mass is 128. The Hall–Kier alpha value is -12.3. The molecule has 6 amide bonds. The molecule has 1 aliphatic heterocycles. The number of carboxylic acid groups (broad SMARTS) is 1. The molecule has 0 aromatic heterocycles. The maximum Gasteiger partial charge on any atom is 0.408 e. The number of amides is 6. The summed E-state index contributed by atoms with van der Waals surface area (Å²) in [4.78, 5) is 101. The van der Waals surface area contributed by atoms with Crippen LogP contribution in [0.4, 0.5) is 24.0 Å². The Labute approximate surface area is 825 Å². The van der Waals surface area contributed by atoms with Crippen LogP contribution in [0, 0.1) is 0 Å². The van der Waals surface area contributed by atoms with Gasteiger partial charge in [0.2, 0.25) is 0 Å². The van der Waals surface area contributed by atoms with Crippen LogP contribution in [0.25, 0.3) is 0 Å². The summed E-state index contributed by atoms with van der Waals surface area (Å²) < 4.78 is 30.9. The van der Waals surface area contributed by atoms with E-state index in [0.717, 1.165) is 86.8 Å². The molecule has 0 saturated carbocycles. The zero-order valence-electron chi connectivity index (χ0n) is 75.1. The summed E-state index contributed by atoms with van der Waals surface area (Å²) in [5, 5.41) is 44.2. The molecule has 0 spiro atoms. The van der Waals surface area contributed by atoms with Gasteiger partial charge in [0, 0.05) is 58.9 Å². The lowest BCUT2D eigenvalue weighted by atomic mass is 9.98. The van der Waals surface area contributed by atoms with E-state index in [-0.39, 0.29) is 75.9 Å². The van der Waals surface area contributed by atoms with Gasteiger partial charge in [0.25, 0.3) is 5.91 Å². The summed E-state index contributed by atoms with van der Waals surface area (Å²) >= 11 is 4.24. The van der Waals surface area contributed by atoms with Crippen LogP contribution in [0.2, 0.25) is 0 Å². The number of benzene rings is 10. The molecule has 8 N–H and O–H groups in total. The van der Waals surface area contributed by atoms with Crippen molar-refractivity contribution in [3.05, 3.63) is 395 Å². The molecule has 0 bridgehead atoms. The molecule has 0 aliphatic carbocycles. The van der Waals surface area contributed by atoms with Crippen LogP contribution in [0.5, 0.6) is 0 Å². The molecule has 0 radical (unpaired) electrons. The second kappa shape index (κ2) is 73.1. The molecule has 1 heterocycles. The lowest BCUT2D eigenvalue weighted by Crippen LogP contribution is -2.47. The number of ketones is 1. The average Bonchev–Trinajstić information content (AvgIpc) is 0.944. The molecule has 1 fully saturated rings. The van der Waals surface area contributed by atoms with Gasteiger partial charge in [0.1, 0.15) is 45.1 Å². The van der Waals surface area contributed by atoms with Crippen molar-refractivity contribution in [2.24, 2.45) is 0 Å². The number of carboxylic acids is 1. The normalized spacial score (nSPS) is 12.0. The highest BCUT2D eigenvalue weighted by Gasteiger charge is 2.28. The third kappa shape index (κ3) is 53.4. The molecule has 26 heteroatoms. The minimum atomic E-state index is -1.07. The van der Waals surface area contributed by atoms with Crippen molar-refractivity contribution in [1.82, 2.24) is 31.6 Å². The lowest BCUT2D eigenvalue weighted by molar-refractivity contribution is -0.171. The van der Waals surface area contributed by atoms with E-state index in [1.165, 1.54) is 27.0 Å². The molecule has 10 aromatic carbocycles. The molecule has 5 unspecified atom stereocenters. The molecule has 24 nitrogen and oxygen atoms in total. The minimum Gasteiger partial charge on any atom is -0.480 e. The summed E-state index contributed by atoms with van der Waals surface area (Å²) in [6.07, 6.45) is 3.71. The van der Waals surface area contributed by atoms with Crippen molar-refractivity contribution in [3.8, 4) is 0 Å². The number of carbonyl (C=O) groups is 8. The van der Waals surface area contributed by atoms with Crippen molar-refractivity contribution in [2.75, 3.05) is 27.4 Å². The Morgan fingerprint density at radius 3 is 0.770 bits per heavy atom. The number of likely N-dealkylation sites (N-methyl/N-ethyl adjacent to an activating group) is 1. The smallest absolute Gasteiger partial charge is 0.408 e. The summed E-state index contributed by atoms with van der Waals surface area (Å²) in [5.74, 6) is -1.58. The quantitative estimate of drug-likeness (QED) is 0.00583. The first kappa shape index (κ1) is 121. The van der Waals surface area contributed by atoms with E-state index in [4.69, 9.17) is 33.3 Å². The Morgan fingerprint density at radius 1 is 0.348 bits per heavy atom. The number of aliphatic carboxylic acids is 1. The molecular formula is C109H142I2N6O18. The fourth-order valence-corrected chi connectivity index (χ4v) is 12.6. The Kier molecular flexibility index (Phi) is 65.4. The number of Topliss-reactive ketones (excluding diaryl/α,β-unsaturated/α-hetero) is 1. The van der Waals surface area contributed by atoms with Gasteiger partial charge in [-0.3, -0.25) is 14.4 Å². The van der Waals surface area contributed by atoms with Gasteiger partial charge in [0.05, 0.1) is 37.4 Å². The number of carbonyl (C=O) groups excluding carboxylic acids is 7. The molecule has 135 heavy (non-hydrogen) atoms. The van der Waals surface area contributed by atoms with Crippen LogP contribution >= 0.6 is 37.2 Å². The van der Waals surface area contributed by atoms with Crippen LogP contribution in [0.15, 0.2) is 340 Å². The molecule has 1 saturated heterocycles. The second-order valence-corrected chi connectivity index (χ2v) is 30.4. The number of ether oxygens (including phenoxy) is 6. The number of aliphatic hydroxyl groups is 2. The van der Waals surface area contributed by atoms with Gasteiger partial charge in [-0.15, -0.1) is 0 Å². The van der Waals surface area contributed by atoms with E-state index >= 15 is 0 Å². The van der Waals surface area contributed by atoms with E-state index in [9.17, 15) is 53.7 Å². The van der Waals surface area contributed by atoms with E-state index in [1.807, 2.05) is 303 Å². The Balaban J connectivity index is 0.00000163. The number of aryl methyl sites for hydroxylation is 5. The zero-order valence-corrected chi connectivity index (χ0v) is 79.4. The van der Waals surface area contributed by atoms with Crippen LogP contribution in [-0.4, -0.2) is 138 Å². The van der Waals surface area contributed by atoms with Gasteiger partial charge in [-0.25, -0.2) is 33.8 Å². The van der Waals surface area contributed by atoms with Crippen LogP contribution in [0.3, 0.4) is 0 Å². The van der Waals surface area contributed by atoms with Gasteiger partial charge >= 0.3 is 36.4 Å². The second-order valence-electron chi connectivity index (χ2n) is 30.4. The summed E-state index contributed by atoms with van der Waals surface area (Å²) in [6.45, 7) is 19.2. The predicted octanol–water partition coefficient (Wildman–Crippen LogP) is 23.1. The molecule has 1 aliphatic rings. The lowest BCUT2D eigenvalue weighted by Gasteiger charge is -2.24. The van der Waals surface area contributed by atoms with Crippen molar-refractivity contribution in [2.45, 2.75) is 203 Å². The monoisotopic (exact) mass is 2080 g/mol. The summed E-state index contributed by atoms with van der Waals surface area (Å²) in [5.41, 5.74) is 11.6. The third-order valence-electron chi connectivity index (χ3n) is 19.9. The maximum absolute atomic E-state index is 12.4. The number of nitrogens with zero attached hydrogens (tertiary/aromatic N) is 1. The fourth-order valence-electron chi connectivity index (χ4n) is 12.6. The molecule has 10 aromatic rings. The summed E-state index contributed by atoms with van der Waals surface area (Å²) in [7, 11) is 2.91. The number of rotatable bonds is 39. The van der Waals surface area contributed by atoms with Crippen molar-refractivity contribution < 1.29 is 88.4 Å². The largest absolute Gasteiger partial charge is 0.480 e. The van der Waals surface area contributed by atoms with Gasteiger partial charge in [-0.05, 0) is 159 Å². The fraction of sp³-hybridized carbons (Fsp3) is 0.321. The number of hydroxylamine groups is 2. The minimum absolute atomic E-state index is 0. The molecular weight excluding hydrogens is 1940 g/mol. The maximum atomic E-state index is 12.4. The van der Waals surface area contributed by atoms with Gasteiger partial charge in [-0.2, -0.15) is 0 Å². The first-order valence-corrected chi connectivity index (χ1v) is 49.4. The number of aliphatic hydroxyl groups excluding tert-OH is 2. The van der Waals surface area contributed by atoms with Gasteiger partial charge in [0.15, 0.2) is 5.78 Å².